The molecule has 2 heterocycles. The fraction of sp³-hybridized carbons (Fsp3) is 0.300. The molecule has 0 saturated carbocycles. The Morgan fingerprint density at radius 3 is 2.88 bits per heavy atom. The van der Waals surface area contributed by atoms with E-state index in [9.17, 15) is 14.5 Å². The van der Waals surface area contributed by atoms with Gasteiger partial charge in [-0.05, 0) is 25.5 Å². The quantitative estimate of drug-likeness (QED) is 0.322. The molecule has 1 aromatic carbocycles. The van der Waals surface area contributed by atoms with Crippen LogP contribution < -0.4 is 15.3 Å². The summed E-state index contributed by atoms with van der Waals surface area (Å²) >= 11 is 0. The van der Waals surface area contributed by atoms with E-state index in [0.29, 0.717) is 23.3 Å². The van der Waals surface area contributed by atoms with Gasteiger partial charge < -0.3 is 19.9 Å². The van der Waals surface area contributed by atoms with E-state index < -0.39 is 19.8 Å². The summed E-state index contributed by atoms with van der Waals surface area (Å²) in [4.78, 5) is 23.8. The van der Waals surface area contributed by atoms with Crippen molar-refractivity contribution in [1.82, 2.24) is 24.6 Å². The molecule has 2 aromatic heterocycles. The van der Waals surface area contributed by atoms with Crippen molar-refractivity contribution < 1.29 is 23.5 Å². The van der Waals surface area contributed by atoms with Crippen LogP contribution in [0.25, 0.3) is 11.2 Å². The number of hydrogen-bond donors (Lipinski definition) is 3. The highest BCUT2D eigenvalue weighted by atomic mass is 31.2. The minimum absolute atomic E-state index is 0.0387. The average molecular weight is 458 g/mol. The van der Waals surface area contributed by atoms with Gasteiger partial charge in [-0.1, -0.05) is 30.4 Å². The largest absolute Gasteiger partial charge is 0.480 e. The SMILES string of the molecule is CC(N[P@](=O)(OC[C@@H]1C=C[C@H](n2cnc3cnc(N)nc32)C1)Oc1ccccc1)C(=O)O. The number of rotatable bonds is 9. The van der Waals surface area contributed by atoms with E-state index in [1.165, 1.54) is 6.92 Å². The number of nitrogens with two attached hydrogens (primary N) is 1. The van der Waals surface area contributed by atoms with Crippen LogP contribution in [0.15, 0.2) is 55.0 Å². The van der Waals surface area contributed by atoms with Crippen molar-refractivity contribution in [3.8, 4) is 5.75 Å². The monoisotopic (exact) mass is 458 g/mol. The number of para-hydroxylation sites is 1. The number of carbonyl (C=O) groups is 1. The number of nitrogens with zero attached hydrogens (tertiary/aromatic N) is 4. The molecule has 0 spiro atoms. The Morgan fingerprint density at radius 1 is 1.34 bits per heavy atom. The first-order valence-corrected chi connectivity index (χ1v) is 11.5. The molecule has 0 fully saturated rings. The summed E-state index contributed by atoms with van der Waals surface area (Å²) < 4.78 is 26.4. The number of aromatic nitrogens is 4. The molecular formula is C20H23N6O5P. The molecule has 4 rings (SSSR count). The fourth-order valence-corrected chi connectivity index (χ4v) is 4.91. The van der Waals surface area contributed by atoms with Gasteiger partial charge in [0.25, 0.3) is 0 Å². The Morgan fingerprint density at radius 2 is 2.12 bits per heavy atom. The van der Waals surface area contributed by atoms with Gasteiger partial charge in [0.15, 0.2) is 5.65 Å². The number of nitrogen functional groups attached to an aromatic ring is 1. The topological polar surface area (TPSA) is 154 Å². The minimum atomic E-state index is -3.95. The maximum atomic E-state index is 13.3. The van der Waals surface area contributed by atoms with Gasteiger partial charge >= 0.3 is 13.7 Å². The van der Waals surface area contributed by atoms with Crippen molar-refractivity contribution >= 4 is 30.8 Å². The van der Waals surface area contributed by atoms with Crippen LogP contribution in [0.2, 0.25) is 0 Å². The molecule has 0 bridgehead atoms. The fourth-order valence-electron chi connectivity index (χ4n) is 3.36. The zero-order chi connectivity index (χ0) is 22.7. The number of carboxylic acid groups (broad SMARTS) is 1. The highest BCUT2D eigenvalue weighted by molar-refractivity contribution is 7.52. The number of hydrogen-bond acceptors (Lipinski definition) is 8. The van der Waals surface area contributed by atoms with Gasteiger partial charge in [0.2, 0.25) is 5.95 Å². The molecule has 0 radical (unpaired) electrons. The average Bonchev–Trinajstić information content (AvgIpc) is 3.39. The van der Waals surface area contributed by atoms with E-state index in [2.05, 4.69) is 20.0 Å². The Hall–Kier alpha value is -3.27. The molecule has 11 nitrogen and oxygen atoms in total. The maximum Gasteiger partial charge on any atom is 0.459 e. The Labute approximate surface area is 183 Å². The number of benzene rings is 1. The maximum absolute atomic E-state index is 13.3. The minimum Gasteiger partial charge on any atom is -0.480 e. The van der Waals surface area contributed by atoms with Crippen LogP contribution in [0.5, 0.6) is 5.75 Å². The van der Waals surface area contributed by atoms with Crippen molar-refractivity contribution in [2.75, 3.05) is 12.3 Å². The van der Waals surface area contributed by atoms with Crippen LogP contribution in [0, 0.1) is 5.92 Å². The smallest absolute Gasteiger partial charge is 0.459 e. The molecular weight excluding hydrogens is 435 g/mol. The number of carboxylic acids is 1. The normalized spacial score (nSPS) is 20.8. The molecule has 4 atom stereocenters. The first-order valence-electron chi connectivity index (χ1n) is 9.96. The Balaban J connectivity index is 1.44. The van der Waals surface area contributed by atoms with Crippen LogP contribution in [-0.4, -0.2) is 43.2 Å². The van der Waals surface area contributed by atoms with Crippen molar-refractivity contribution in [1.29, 1.82) is 0 Å². The number of nitrogens with one attached hydrogen (secondary N) is 1. The van der Waals surface area contributed by atoms with E-state index in [1.807, 2.05) is 16.7 Å². The summed E-state index contributed by atoms with van der Waals surface area (Å²) in [5.41, 5.74) is 6.97. The summed E-state index contributed by atoms with van der Waals surface area (Å²) in [5.74, 6) is -0.771. The number of fused-ring (bicyclic) bond motifs is 1. The molecule has 1 unspecified atom stereocenters. The second kappa shape index (κ2) is 9.07. The van der Waals surface area contributed by atoms with E-state index >= 15 is 0 Å². The molecule has 0 aliphatic heterocycles. The third-order valence-electron chi connectivity index (χ3n) is 4.99. The van der Waals surface area contributed by atoms with E-state index in [4.69, 9.17) is 14.8 Å². The predicted molar refractivity (Wildman–Crippen MR) is 117 cm³/mol. The summed E-state index contributed by atoms with van der Waals surface area (Å²) in [5, 5.41) is 11.7. The lowest BCUT2D eigenvalue weighted by Gasteiger charge is -2.23. The number of aliphatic carboxylic acids is 1. The summed E-state index contributed by atoms with van der Waals surface area (Å²) in [6.45, 7) is 1.44. The third kappa shape index (κ3) is 4.96. The molecule has 1 aliphatic rings. The standard InChI is InChI=1S/C20H23N6O5P/c1-13(19(27)28)25-32(29,31-16-5-3-2-4-6-16)30-11-14-7-8-15(9-14)26-12-23-17-10-22-20(21)24-18(17)26/h2-8,10,12-15H,9,11H2,1H3,(H,25,29)(H,27,28)(H2,21,22,24)/t13?,14-,15+,32+/m1/s1. The molecule has 0 amide bonds. The highest BCUT2D eigenvalue weighted by Crippen LogP contribution is 2.46. The summed E-state index contributed by atoms with van der Waals surface area (Å²) in [7, 11) is -3.95. The number of imidazole rings is 1. The Kier molecular flexibility index (Phi) is 6.22. The first kappa shape index (κ1) is 21.9. The molecule has 168 valence electrons. The van der Waals surface area contributed by atoms with E-state index in [0.717, 1.165) is 0 Å². The predicted octanol–water partition coefficient (Wildman–Crippen LogP) is 2.79. The van der Waals surface area contributed by atoms with Gasteiger partial charge in [-0.25, -0.2) is 14.5 Å². The van der Waals surface area contributed by atoms with Crippen LogP contribution in [-0.2, 0) is 13.9 Å². The highest BCUT2D eigenvalue weighted by Gasteiger charge is 2.33. The van der Waals surface area contributed by atoms with Gasteiger partial charge in [0.1, 0.15) is 17.3 Å². The second-order valence-corrected chi connectivity index (χ2v) is 9.12. The number of allylic oxidation sites excluding steroid dienone is 1. The lowest BCUT2D eigenvalue weighted by atomic mass is 10.1. The molecule has 12 heteroatoms. The molecule has 4 N–H and O–H groups in total. The van der Waals surface area contributed by atoms with Crippen LogP contribution >= 0.6 is 7.75 Å². The van der Waals surface area contributed by atoms with Crippen LogP contribution in [0.4, 0.5) is 5.95 Å². The van der Waals surface area contributed by atoms with Gasteiger partial charge in [-0.2, -0.15) is 10.1 Å². The van der Waals surface area contributed by atoms with Gasteiger partial charge in [-0.3, -0.25) is 9.32 Å². The second-order valence-electron chi connectivity index (χ2n) is 7.42. The van der Waals surface area contributed by atoms with Crippen molar-refractivity contribution in [3.63, 3.8) is 0 Å². The molecule has 3 aromatic rings. The van der Waals surface area contributed by atoms with E-state index in [1.54, 1.807) is 42.9 Å². The summed E-state index contributed by atoms with van der Waals surface area (Å²) in [6, 6.07) is 7.29. The van der Waals surface area contributed by atoms with Crippen molar-refractivity contribution in [2.45, 2.75) is 25.4 Å². The zero-order valence-electron chi connectivity index (χ0n) is 17.2. The van der Waals surface area contributed by atoms with Crippen LogP contribution in [0.1, 0.15) is 19.4 Å². The van der Waals surface area contributed by atoms with Crippen molar-refractivity contribution in [2.24, 2.45) is 5.92 Å². The van der Waals surface area contributed by atoms with Gasteiger partial charge in [0.05, 0.1) is 25.2 Å². The third-order valence-corrected chi connectivity index (χ3v) is 6.63. The van der Waals surface area contributed by atoms with Gasteiger partial charge in [-0.15, -0.1) is 0 Å². The molecule has 1 aliphatic carbocycles. The zero-order valence-corrected chi connectivity index (χ0v) is 18.1. The molecule has 0 saturated heterocycles. The van der Waals surface area contributed by atoms with Gasteiger partial charge in [0, 0.05) is 5.92 Å². The number of anilines is 1. The van der Waals surface area contributed by atoms with E-state index in [-0.39, 0.29) is 24.5 Å². The van der Waals surface area contributed by atoms with Crippen molar-refractivity contribution in [3.05, 3.63) is 55.0 Å². The summed E-state index contributed by atoms with van der Waals surface area (Å²) in [6.07, 6.45) is 7.84. The Bertz CT molecular complexity index is 1180. The van der Waals surface area contributed by atoms with Crippen LogP contribution in [0.3, 0.4) is 0 Å². The lowest BCUT2D eigenvalue weighted by molar-refractivity contribution is -0.138. The lowest BCUT2D eigenvalue weighted by Crippen LogP contribution is -2.33. The molecule has 32 heavy (non-hydrogen) atoms. The first-order chi connectivity index (χ1) is 15.3.